The Morgan fingerprint density at radius 1 is 0.929 bits per heavy atom. The van der Waals surface area contributed by atoms with Crippen LogP contribution in [-0.4, -0.2) is 23.2 Å². The summed E-state index contributed by atoms with van der Waals surface area (Å²) in [6.45, 7) is 0. The first-order chi connectivity index (χ1) is 13.7. The van der Waals surface area contributed by atoms with E-state index in [1.807, 2.05) is 48.5 Å². The highest BCUT2D eigenvalue weighted by Gasteiger charge is 2.43. The van der Waals surface area contributed by atoms with Crippen molar-refractivity contribution in [2.24, 2.45) is 5.92 Å². The normalized spacial score (nSPS) is 28.7. The summed E-state index contributed by atoms with van der Waals surface area (Å²) in [6, 6.07) is 20.0. The van der Waals surface area contributed by atoms with Crippen LogP contribution in [0, 0.1) is 5.92 Å². The lowest BCUT2D eigenvalue weighted by Gasteiger charge is -2.43. The van der Waals surface area contributed by atoms with E-state index >= 15 is 0 Å². The average molecular weight is 380 g/mol. The Kier molecular flexibility index (Phi) is 6.08. The third-order valence-electron chi connectivity index (χ3n) is 6.20. The number of hydrogen-bond acceptors (Lipinski definition) is 3. The third kappa shape index (κ3) is 4.29. The summed E-state index contributed by atoms with van der Waals surface area (Å²) in [5, 5.41) is 13.6. The zero-order valence-corrected chi connectivity index (χ0v) is 16.2. The van der Waals surface area contributed by atoms with Crippen LogP contribution in [0.2, 0.25) is 0 Å². The standard InChI is InChI=1S/C24H29NO3/c26-24(27)23-20(16-17-10-4-1-5-11-17)25-21(18-12-6-2-7-13-18)22(28-23)19-14-8-3-9-15-19/h2-3,6-9,12-15,17,20-23,25H,1,4-5,10-11,16H2,(H,26,27)/t20-,21+,22-,23+/m0/s1. The molecule has 0 bridgehead atoms. The number of hydrogen-bond donors (Lipinski definition) is 2. The molecular weight excluding hydrogens is 350 g/mol. The summed E-state index contributed by atoms with van der Waals surface area (Å²) in [5.41, 5.74) is 2.14. The van der Waals surface area contributed by atoms with Gasteiger partial charge in [0.05, 0.1) is 6.04 Å². The van der Waals surface area contributed by atoms with Crippen LogP contribution in [0.4, 0.5) is 0 Å². The van der Waals surface area contributed by atoms with Crippen molar-refractivity contribution in [2.45, 2.75) is 62.8 Å². The number of carboxylic acids is 1. The zero-order valence-electron chi connectivity index (χ0n) is 16.2. The Morgan fingerprint density at radius 3 is 2.14 bits per heavy atom. The number of aliphatic carboxylic acids is 1. The maximum Gasteiger partial charge on any atom is 0.334 e. The van der Waals surface area contributed by atoms with Gasteiger partial charge in [-0.3, -0.25) is 0 Å². The van der Waals surface area contributed by atoms with Gasteiger partial charge in [-0.2, -0.15) is 0 Å². The molecule has 1 heterocycles. The first kappa shape index (κ1) is 19.2. The maximum atomic E-state index is 12.1. The highest BCUT2D eigenvalue weighted by atomic mass is 16.5. The molecule has 0 unspecified atom stereocenters. The van der Waals surface area contributed by atoms with E-state index in [1.54, 1.807) is 0 Å². The first-order valence-electron chi connectivity index (χ1n) is 10.5. The molecule has 4 atom stereocenters. The van der Waals surface area contributed by atoms with Crippen molar-refractivity contribution in [1.82, 2.24) is 5.32 Å². The van der Waals surface area contributed by atoms with Gasteiger partial charge in [0, 0.05) is 6.04 Å². The smallest absolute Gasteiger partial charge is 0.334 e. The molecule has 2 aliphatic rings. The van der Waals surface area contributed by atoms with Crippen molar-refractivity contribution in [3.63, 3.8) is 0 Å². The molecule has 2 N–H and O–H groups in total. The molecule has 1 saturated heterocycles. The summed E-state index contributed by atoms with van der Waals surface area (Å²) in [4.78, 5) is 12.1. The van der Waals surface area contributed by atoms with E-state index in [9.17, 15) is 9.90 Å². The van der Waals surface area contributed by atoms with E-state index in [4.69, 9.17) is 4.74 Å². The Hall–Kier alpha value is -2.17. The van der Waals surface area contributed by atoms with Crippen LogP contribution in [0.5, 0.6) is 0 Å². The first-order valence-corrected chi connectivity index (χ1v) is 10.5. The van der Waals surface area contributed by atoms with E-state index in [2.05, 4.69) is 17.4 Å². The van der Waals surface area contributed by atoms with Crippen molar-refractivity contribution in [2.75, 3.05) is 0 Å². The van der Waals surface area contributed by atoms with E-state index < -0.39 is 12.1 Å². The molecule has 0 amide bonds. The zero-order chi connectivity index (χ0) is 19.3. The number of morpholine rings is 1. The van der Waals surface area contributed by atoms with Crippen molar-refractivity contribution in [3.05, 3.63) is 71.8 Å². The molecule has 0 spiro atoms. The molecule has 2 fully saturated rings. The van der Waals surface area contributed by atoms with E-state index in [1.165, 1.54) is 32.1 Å². The second-order valence-corrected chi connectivity index (χ2v) is 8.13. The highest BCUT2D eigenvalue weighted by molar-refractivity contribution is 5.73. The van der Waals surface area contributed by atoms with Crippen molar-refractivity contribution >= 4 is 5.97 Å². The fourth-order valence-electron chi connectivity index (χ4n) is 4.79. The van der Waals surface area contributed by atoms with Gasteiger partial charge in [0.2, 0.25) is 0 Å². The average Bonchev–Trinajstić information content (AvgIpc) is 2.75. The Bertz CT molecular complexity index is 758. The summed E-state index contributed by atoms with van der Waals surface area (Å²) < 4.78 is 6.29. The Labute approximate surface area is 166 Å². The lowest BCUT2D eigenvalue weighted by atomic mass is 9.82. The molecule has 1 aliphatic heterocycles. The van der Waals surface area contributed by atoms with Gasteiger partial charge < -0.3 is 15.2 Å². The molecule has 1 aliphatic carbocycles. The number of rotatable bonds is 5. The van der Waals surface area contributed by atoms with Gasteiger partial charge in [-0.05, 0) is 23.5 Å². The summed E-state index contributed by atoms with van der Waals surface area (Å²) in [6.07, 6.45) is 5.91. The SMILES string of the molecule is O=C(O)[C@@H]1O[C@@H](c2ccccc2)[C@@H](c2ccccc2)N[C@H]1CC1CCCCC1. The minimum atomic E-state index is -0.874. The number of carboxylic acid groups (broad SMARTS) is 1. The second-order valence-electron chi connectivity index (χ2n) is 8.13. The minimum Gasteiger partial charge on any atom is -0.479 e. The number of nitrogens with one attached hydrogen (secondary N) is 1. The van der Waals surface area contributed by atoms with Crippen molar-refractivity contribution in [3.8, 4) is 0 Å². The molecule has 4 rings (SSSR count). The Balaban J connectivity index is 1.63. The molecular formula is C24H29NO3. The molecule has 4 nitrogen and oxygen atoms in total. The molecule has 28 heavy (non-hydrogen) atoms. The fraction of sp³-hybridized carbons (Fsp3) is 0.458. The monoisotopic (exact) mass is 379 g/mol. The minimum absolute atomic E-state index is 0.0622. The van der Waals surface area contributed by atoms with Crippen LogP contribution >= 0.6 is 0 Å². The molecule has 0 radical (unpaired) electrons. The van der Waals surface area contributed by atoms with Crippen LogP contribution in [-0.2, 0) is 9.53 Å². The number of benzene rings is 2. The molecule has 4 heteroatoms. The van der Waals surface area contributed by atoms with Crippen LogP contribution in [0.25, 0.3) is 0 Å². The molecule has 148 valence electrons. The fourth-order valence-corrected chi connectivity index (χ4v) is 4.79. The predicted molar refractivity (Wildman–Crippen MR) is 109 cm³/mol. The third-order valence-corrected chi connectivity index (χ3v) is 6.20. The van der Waals surface area contributed by atoms with E-state index in [0.29, 0.717) is 5.92 Å². The van der Waals surface area contributed by atoms with Crippen molar-refractivity contribution in [1.29, 1.82) is 0 Å². The number of carbonyl (C=O) groups is 1. The van der Waals surface area contributed by atoms with Crippen molar-refractivity contribution < 1.29 is 14.6 Å². The van der Waals surface area contributed by atoms with Crippen LogP contribution < -0.4 is 5.32 Å². The maximum absolute atomic E-state index is 12.1. The Morgan fingerprint density at radius 2 is 1.54 bits per heavy atom. The van der Waals surface area contributed by atoms with Gasteiger partial charge in [0.1, 0.15) is 6.10 Å². The topological polar surface area (TPSA) is 58.6 Å². The molecule has 0 aromatic heterocycles. The van der Waals surface area contributed by atoms with Gasteiger partial charge in [0.15, 0.2) is 6.10 Å². The predicted octanol–water partition coefficient (Wildman–Crippen LogP) is 4.88. The van der Waals surface area contributed by atoms with Crippen LogP contribution in [0.3, 0.4) is 0 Å². The lowest BCUT2D eigenvalue weighted by Crippen LogP contribution is -2.55. The van der Waals surface area contributed by atoms with E-state index in [0.717, 1.165) is 17.5 Å². The van der Waals surface area contributed by atoms with Gasteiger partial charge in [-0.15, -0.1) is 0 Å². The molecule has 2 aromatic rings. The van der Waals surface area contributed by atoms with Crippen LogP contribution in [0.15, 0.2) is 60.7 Å². The van der Waals surface area contributed by atoms with Gasteiger partial charge >= 0.3 is 5.97 Å². The molecule has 1 saturated carbocycles. The van der Waals surface area contributed by atoms with E-state index in [-0.39, 0.29) is 18.2 Å². The quantitative estimate of drug-likeness (QED) is 0.777. The molecule has 2 aromatic carbocycles. The summed E-state index contributed by atoms with van der Waals surface area (Å²) >= 11 is 0. The van der Waals surface area contributed by atoms with Crippen LogP contribution in [0.1, 0.15) is 61.8 Å². The van der Waals surface area contributed by atoms with Gasteiger partial charge in [0.25, 0.3) is 0 Å². The second kappa shape index (κ2) is 8.89. The lowest BCUT2D eigenvalue weighted by molar-refractivity contribution is -0.167. The van der Waals surface area contributed by atoms with Gasteiger partial charge in [-0.1, -0.05) is 92.8 Å². The highest BCUT2D eigenvalue weighted by Crippen LogP contribution is 2.40. The number of ether oxygens (including phenoxy) is 1. The van der Waals surface area contributed by atoms with Gasteiger partial charge in [-0.25, -0.2) is 4.79 Å². The summed E-state index contributed by atoms with van der Waals surface area (Å²) in [7, 11) is 0. The largest absolute Gasteiger partial charge is 0.479 e. The summed E-state index contributed by atoms with van der Waals surface area (Å²) in [5.74, 6) is -0.290.